The number of hydrogen-bond donors (Lipinski definition) is 3. The molecule has 32 heavy (non-hydrogen) atoms. The minimum atomic E-state index is -0.437. The maximum atomic E-state index is 12.4. The molecule has 9 heteroatoms. The first-order valence-electron chi connectivity index (χ1n) is 10.2. The lowest BCUT2D eigenvalue weighted by Gasteiger charge is -2.13. The average Bonchev–Trinajstić information content (AvgIpc) is 2.74. The summed E-state index contributed by atoms with van der Waals surface area (Å²) in [4.78, 5) is 24.4. The highest BCUT2D eigenvalue weighted by atomic mass is 79.9. The monoisotopic (exact) mass is 521 g/mol. The molecule has 0 aliphatic rings. The molecule has 0 aromatic heterocycles. The van der Waals surface area contributed by atoms with Crippen molar-refractivity contribution >= 4 is 45.1 Å². The predicted octanol–water partition coefficient (Wildman–Crippen LogP) is 4.21. The number of nitrogens with one attached hydrogen (secondary N) is 3. The summed E-state index contributed by atoms with van der Waals surface area (Å²) in [5.41, 5.74) is 7.33. The van der Waals surface area contributed by atoms with E-state index in [-0.39, 0.29) is 11.7 Å². The number of amides is 2. The highest BCUT2D eigenvalue weighted by Crippen LogP contribution is 2.26. The number of carbonyl (C=O) groups is 2. The van der Waals surface area contributed by atoms with Gasteiger partial charge in [-0.3, -0.25) is 25.8 Å². The van der Waals surface area contributed by atoms with Crippen LogP contribution >= 0.6 is 28.1 Å². The van der Waals surface area contributed by atoms with Crippen molar-refractivity contribution in [2.75, 3.05) is 13.2 Å². The predicted molar refractivity (Wildman–Crippen MR) is 132 cm³/mol. The molecule has 0 saturated carbocycles. The third-order valence-corrected chi connectivity index (χ3v) is 5.43. The van der Waals surface area contributed by atoms with Crippen LogP contribution in [-0.4, -0.2) is 30.1 Å². The molecule has 0 fully saturated rings. The van der Waals surface area contributed by atoms with Crippen LogP contribution in [0.5, 0.6) is 11.5 Å². The highest BCUT2D eigenvalue weighted by molar-refractivity contribution is 9.10. The van der Waals surface area contributed by atoms with Gasteiger partial charge in [0.25, 0.3) is 11.8 Å². The van der Waals surface area contributed by atoms with Gasteiger partial charge in [0.1, 0.15) is 11.5 Å². The zero-order valence-electron chi connectivity index (χ0n) is 18.6. The number of rotatable bonds is 8. The van der Waals surface area contributed by atoms with Gasteiger partial charge in [0.2, 0.25) is 0 Å². The minimum absolute atomic E-state index is 0.0385. The Bertz CT molecular complexity index is 982. The third kappa shape index (κ3) is 8.12. The molecule has 0 saturated heterocycles. The summed E-state index contributed by atoms with van der Waals surface area (Å²) in [5, 5.41) is 2.47. The first-order chi connectivity index (χ1) is 15.2. The maximum absolute atomic E-state index is 12.4. The number of hydrazine groups is 1. The van der Waals surface area contributed by atoms with Crippen molar-refractivity contribution in [2.24, 2.45) is 5.92 Å². The summed E-state index contributed by atoms with van der Waals surface area (Å²) in [7, 11) is 0. The van der Waals surface area contributed by atoms with Crippen molar-refractivity contribution < 1.29 is 19.1 Å². The van der Waals surface area contributed by atoms with Crippen molar-refractivity contribution in [1.82, 2.24) is 16.2 Å². The number of aryl methyl sites for hydroxylation is 1. The number of thiocarbonyl (C=S) groups is 1. The molecule has 0 heterocycles. The lowest BCUT2D eigenvalue weighted by atomic mass is 10.1. The lowest BCUT2D eigenvalue weighted by Crippen LogP contribution is -2.49. The third-order valence-electron chi connectivity index (χ3n) is 4.60. The van der Waals surface area contributed by atoms with Crippen molar-refractivity contribution in [3.8, 4) is 11.5 Å². The summed E-state index contributed by atoms with van der Waals surface area (Å²) in [6.45, 7) is 8.55. The van der Waals surface area contributed by atoms with Gasteiger partial charge in [-0.2, -0.15) is 0 Å². The van der Waals surface area contributed by atoms with E-state index in [1.165, 1.54) is 0 Å². The van der Waals surface area contributed by atoms with Crippen molar-refractivity contribution in [2.45, 2.75) is 34.1 Å². The molecular weight excluding hydrogens is 494 g/mol. The summed E-state index contributed by atoms with van der Waals surface area (Å²) in [5.74, 6) is 0.995. The van der Waals surface area contributed by atoms with E-state index in [9.17, 15) is 9.59 Å². The van der Waals surface area contributed by atoms with Gasteiger partial charge in [0, 0.05) is 5.56 Å². The van der Waals surface area contributed by atoms with E-state index in [0.717, 1.165) is 17.5 Å². The van der Waals surface area contributed by atoms with E-state index in [4.69, 9.17) is 21.7 Å². The van der Waals surface area contributed by atoms with Crippen LogP contribution in [-0.2, 0) is 4.79 Å². The summed E-state index contributed by atoms with van der Waals surface area (Å²) >= 11 is 8.49. The Morgan fingerprint density at radius 3 is 2.50 bits per heavy atom. The minimum Gasteiger partial charge on any atom is -0.492 e. The molecule has 0 unspecified atom stereocenters. The SMILES string of the molecule is Cc1cccc(OCC(=O)NNC(=S)NC(=O)c2ccc(OCCC(C)C)c(Br)c2)c1C. The standard InChI is InChI=1S/C23H28BrN3O4S/c1-14(2)10-11-30-20-9-8-17(12-18(20)24)22(29)25-23(32)27-26-21(28)13-31-19-7-5-6-15(3)16(19)4/h5-9,12,14H,10-11,13H2,1-4H3,(H,26,28)(H2,25,27,29,32). The first-order valence-corrected chi connectivity index (χ1v) is 11.4. The second kappa shape index (κ2) is 12.4. The van der Waals surface area contributed by atoms with E-state index < -0.39 is 11.8 Å². The molecule has 0 spiro atoms. The Kier molecular flexibility index (Phi) is 9.93. The van der Waals surface area contributed by atoms with Crippen LogP contribution in [0.1, 0.15) is 41.8 Å². The molecule has 2 aromatic carbocycles. The Balaban J connectivity index is 1.78. The number of hydrogen-bond acceptors (Lipinski definition) is 5. The zero-order chi connectivity index (χ0) is 23.7. The largest absolute Gasteiger partial charge is 0.492 e. The fraction of sp³-hybridized carbons (Fsp3) is 0.348. The van der Waals surface area contributed by atoms with E-state index in [1.54, 1.807) is 24.3 Å². The quantitative estimate of drug-likeness (QED) is 0.356. The van der Waals surface area contributed by atoms with Crippen molar-refractivity contribution in [1.29, 1.82) is 0 Å². The number of ether oxygens (including phenoxy) is 2. The normalized spacial score (nSPS) is 10.4. The molecule has 0 atom stereocenters. The van der Waals surface area contributed by atoms with E-state index >= 15 is 0 Å². The van der Waals surface area contributed by atoms with E-state index in [0.29, 0.717) is 34.1 Å². The van der Waals surface area contributed by atoms with Crippen molar-refractivity contribution in [3.63, 3.8) is 0 Å². The van der Waals surface area contributed by atoms with E-state index in [2.05, 4.69) is 45.9 Å². The average molecular weight is 522 g/mol. The van der Waals surface area contributed by atoms with Gasteiger partial charge in [-0.05, 0) is 89.7 Å². The molecule has 3 N–H and O–H groups in total. The molecule has 0 radical (unpaired) electrons. The zero-order valence-corrected chi connectivity index (χ0v) is 21.0. The molecular formula is C23H28BrN3O4S. The molecule has 2 rings (SSSR count). The first kappa shape index (κ1) is 25.6. The van der Waals surface area contributed by atoms with Gasteiger partial charge in [-0.1, -0.05) is 26.0 Å². The summed E-state index contributed by atoms with van der Waals surface area (Å²) < 4.78 is 11.9. The second-order valence-corrected chi connectivity index (χ2v) is 8.88. The Labute approximate surface area is 202 Å². The van der Waals surface area contributed by atoms with Crippen LogP contribution in [0.3, 0.4) is 0 Å². The van der Waals surface area contributed by atoms with Gasteiger partial charge < -0.3 is 9.47 Å². The van der Waals surface area contributed by atoms with Gasteiger partial charge in [0.15, 0.2) is 11.7 Å². The smallest absolute Gasteiger partial charge is 0.276 e. The van der Waals surface area contributed by atoms with Crippen LogP contribution in [0, 0.1) is 19.8 Å². The van der Waals surface area contributed by atoms with Crippen molar-refractivity contribution in [3.05, 3.63) is 57.6 Å². The van der Waals surface area contributed by atoms with Crippen LogP contribution in [0.15, 0.2) is 40.9 Å². The molecule has 2 aromatic rings. The Hall–Kier alpha value is -2.65. The van der Waals surface area contributed by atoms with Gasteiger partial charge in [-0.15, -0.1) is 0 Å². The molecule has 0 aliphatic heterocycles. The van der Waals surface area contributed by atoms with Gasteiger partial charge >= 0.3 is 0 Å². The summed E-state index contributed by atoms with van der Waals surface area (Å²) in [6, 6.07) is 10.6. The topological polar surface area (TPSA) is 88.7 Å². The van der Waals surface area contributed by atoms with Crippen LogP contribution in [0.25, 0.3) is 0 Å². The van der Waals surface area contributed by atoms with Crippen LogP contribution < -0.4 is 25.6 Å². The Morgan fingerprint density at radius 2 is 1.81 bits per heavy atom. The van der Waals surface area contributed by atoms with Gasteiger partial charge in [-0.25, -0.2) is 0 Å². The van der Waals surface area contributed by atoms with E-state index in [1.807, 2.05) is 26.0 Å². The van der Waals surface area contributed by atoms with Crippen LogP contribution in [0.4, 0.5) is 0 Å². The fourth-order valence-electron chi connectivity index (χ4n) is 2.56. The number of halogens is 1. The van der Waals surface area contributed by atoms with Gasteiger partial charge in [0.05, 0.1) is 11.1 Å². The maximum Gasteiger partial charge on any atom is 0.276 e. The number of benzene rings is 2. The second-order valence-electron chi connectivity index (χ2n) is 7.62. The molecule has 172 valence electrons. The Morgan fingerprint density at radius 1 is 1.06 bits per heavy atom. The fourth-order valence-corrected chi connectivity index (χ4v) is 3.19. The lowest BCUT2D eigenvalue weighted by molar-refractivity contribution is -0.123. The molecule has 2 amide bonds. The molecule has 0 aliphatic carbocycles. The molecule has 7 nitrogen and oxygen atoms in total. The van der Waals surface area contributed by atoms with Crippen LogP contribution in [0.2, 0.25) is 0 Å². The number of carbonyl (C=O) groups excluding carboxylic acids is 2. The highest BCUT2D eigenvalue weighted by Gasteiger charge is 2.12. The molecule has 0 bridgehead atoms. The summed E-state index contributed by atoms with van der Waals surface area (Å²) in [6.07, 6.45) is 0.940.